The van der Waals surface area contributed by atoms with Crippen LogP contribution in [-0.2, 0) is 4.43 Å². The highest BCUT2D eigenvalue weighted by Crippen LogP contribution is 2.44. The number of aliphatic hydroxyl groups is 1. The van der Waals surface area contributed by atoms with Crippen molar-refractivity contribution < 1.29 is 9.53 Å². The molecule has 0 spiro atoms. The summed E-state index contributed by atoms with van der Waals surface area (Å²) in [7, 11) is -1.65. The molecule has 2 nitrogen and oxygen atoms in total. The second-order valence-corrected chi connectivity index (χ2v) is 10.3. The van der Waals surface area contributed by atoms with E-state index in [4.69, 9.17) is 9.53 Å². The molecule has 0 unspecified atom stereocenters. The standard InChI is InChI=1S/C13H28O2Si/c1-12(2)13(3,4)16(5,6)15-11-9-7-8-10-14/h7-8,12,14H,9-11H2,1-6H3/b8-7+. The van der Waals surface area contributed by atoms with E-state index in [-0.39, 0.29) is 11.6 Å². The lowest BCUT2D eigenvalue weighted by Gasteiger charge is -2.42. The van der Waals surface area contributed by atoms with E-state index in [0.29, 0.717) is 5.92 Å². The Kier molecular flexibility index (Phi) is 6.52. The Hall–Kier alpha value is -0.123. The van der Waals surface area contributed by atoms with Gasteiger partial charge in [-0.15, -0.1) is 0 Å². The van der Waals surface area contributed by atoms with Gasteiger partial charge in [0, 0.05) is 6.61 Å². The van der Waals surface area contributed by atoms with Crippen LogP contribution in [0.2, 0.25) is 18.1 Å². The van der Waals surface area contributed by atoms with Crippen LogP contribution in [0, 0.1) is 5.92 Å². The molecule has 0 aromatic carbocycles. The van der Waals surface area contributed by atoms with E-state index in [9.17, 15) is 0 Å². The lowest BCUT2D eigenvalue weighted by atomic mass is 9.99. The van der Waals surface area contributed by atoms with E-state index in [1.165, 1.54) is 0 Å². The van der Waals surface area contributed by atoms with Crippen molar-refractivity contribution in [1.29, 1.82) is 0 Å². The van der Waals surface area contributed by atoms with Crippen LogP contribution >= 0.6 is 0 Å². The molecule has 0 bridgehead atoms. The van der Waals surface area contributed by atoms with Crippen LogP contribution < -0.4 is 0 Å². The first-order chi connectivity index (χ1) is 7.25. The highest BCUT2D eigenvalue weighted by molar-refractivity contribution is 6.74. The van der Waals surface area contributed by atoms with Gasteiger partial charge in [0.25, 0.3) is 0 Å². The van der Waals surface area contributed by atoms with Crippen LogP contribution in [0.5, 0.6) is 0 Å². The third kappa shape index (κ3) is 4.40. The largest absolute Gasteiger partial charge is 0.416 e. The third-order valence-electron chi connectivity index (χ3n) is 4.01. The quantitative estimate of drug-likeness (QED) is 0.421. The second-order valence-electron chi connectivity index (χ2n) is 5.68. The molecule has 0 aliphatic carbocycles. The third-order valence-corrected chi connectivity index (χ3v) is 8.62. The van der Waals surface area contributed by atoms with E-state index in [0.717, 1.165) is 13.0 Å². The molecule has 96 valence electrons. The smallest absolute Gasteiger partial charge is 0.192 e. The molecule has 1 N–H and O–H groups in total. The van der Waals surface area contributed by atoms with Crippen LogP contribution in [0.1, 0.15) is 34.1 Å². The molecule has 0 aromatic heterocycles. The molecule has 0 aliphatic rings. The average molecular weight is 244 g/mol. The maximum atomic E-state index is 8.61. The monoisotopic (exact) mass is 244 g/mol. The van der Waals surface area contributed by atoms with Gasteiger partial charge in [0.05, 0.1) is 6.61 Å². The molecule has 0 atom stereocenters. The van der Waals surface area contributed by atoms with Gasteiger partial charge >= 0.3 is 0 Å². The van der Waals surface area contributed by atoms with Crippen molar-refractivity contribution in [2.75, 3.05) is 13.2 Å². The lowest BCUT2D eigenvalue weighted by molar-refractivity contribution is 0.271. The number of rotatable bonds is 7. The van der Waals surface area contributed by atoms with Crippen LogP contribution in [0.25, 0.3) is 0 Å². The summed E-state index contributed by atoms with van der Waals surface area (Å²) < 4.78 is 6.11. The fourth-order valence-corrected chi connectivity index (χ4v) is 3.85. The molecular weight excluding hydrogens is 216 g/mol. The van der Waals surface area contributed by atoms with Crippen LogP contribution in [0.3, 0.4) is 0 Å². The molecule has 16 heavy (non-hydrogen) atoms. The minimum Gasteiger partial charge on any atom is -0.416 e. The molecule has 0 radical (unpaired) electrons. The van der Waals surface area contributed by atoms with E-state index in [2.05, 4.69) is 40.8 Å². The fraction of sp³-hybridized carbons (Fsp3) is 0.846. The van der Waals surface area contributed by atoms with Crippen molar-refractivity contribution in [1.82, 2.24) is 0 Å². The minimum absolute atomic E-state index is 0.123. The first-order valence-corrected chi connectivity index (χ1v) is 9.06. The number of hydrogen-bond acceptors (Lipinski definition) is 2. The summed E-state index contributed by atoms with van der Waals surface area (Å²) in [5.41, 5.74) is 0. The number of hydrogen-bond donors (Lipinski definition) is 1. The highest BCUT2D eigenvalue weighted by Gasteiger charge is 2.42. The Morgan fingerprint density at radius 1 is 1.25 bits per heavy atom. The van der Waals surface area contributed by atoms with Gasteiger partial charge in [-0.2, -0.15) is 0 Å². The zero-order chi connectivity index (χ0) is 12.8. The predicted octanol–water partition coefficient (Wildman–Crippen LogP) is 3.58. The van der Waals surface area contributed by atoms with Crippen LogP contribution in [0.15, 0.2) is 12.2 Å². The summed E-state index contributed by atoms with van der Waals surface area (Å²) in [6.07, 6.45) is 4.64. The van der Waals surface area contributed by atoms with E-state index >= 15 is 0 Å². The topological polar surface area (TPSA) is 29.5 Å². The summed E-state index contributed by atoms with van der Waals surface area (Å²) in [6, 6.07) is 0. The molecular formula is C13H28O2Si. The normalized spacial score (nSPS) is 14.0. The summed E-state index contributed by atoms with van der Waals surface area (Å²) in [5.74, 6) is 0.641. The highest BCUT2D eigenvalue weighted by atomic mass is 28.4. The molecule has 0 heterocycles. The molecule has 0 rings (SSSR count). The van der Waals surface area contributed by atoms with Crippen molar-refractivity contribution >= 4 is 8.32 Å². The first-order valence-electron chi connectivity index (χ1n) is 6.15. The summed E-state index contributed by atoms with van der Waals surface area (Å²) >= 11 is 0. The lowest BCUT2D eigenvalue weighted by Crippen LogP contribution is -2.45. The van der Waals surface area contributed by atoms with Gasteiger partial charge < -0.3 is 9.53 Å². The van der Waals surface area contributed by atoms with Gasteiger partial charge in [0.1, 0.15) is 0 Å². The van der Waals surface area contributed by atoms with E-state index < -0.39 is 8.32 Å². The average Bonchev–Trinajstić information content (AvgIpc) is 2.16. The van der Waals surface area contributed by atoms with Crippen molar-refractivity contribution in [3.05, 3.63) is 12.2 Å². The van der Waals surface area contributed by atoms with Crippen LogP contribution in [0.4, 0.5) is 0 Å². The predicted molar refractivity (Wildman–Crippen MR) is 73.2 cm³/mol. The molecule has 0 aromatic rings. The Balaban J connectivity index is 4.19. The molecule has 0 fully saturated rings. The number of aliphatic hydroxyl groups excluding tert-OH is 1. The SMILES string of the molecule is CC(C)C(C)(C)[Si](C)(C)OCC/C=C/CO. The van der Waals surface area contributed by atoms with Gasteiger partial charge in [0.2, 0.25) is 0 Å². The second kappa shape index (κ2) is 6.57. The van der Waals surface area contributed by atoms with Gasteiger partial charge in [0.15, 0.2) is 8.32 Å². The van der Waals surface area contributed by atoms with E-state index in [1.54, 1.807) is 6.08 Å². The van der Waals surface area contributed by atoms with Gasteiger partial charge in [-0.3, -0.25) is 0 Å². The Morgan fingerprint density at radius 3 is 2.25 bits per heavy atom. The van der Waals surface area contributed by atoms with Gasteiger partial charge in [-0.25, -0.2) is 0 Å². The minimum atomic E-state index is -1.65. The van der Waals surface area contributed by atoms with Crippen molar-refractivity contribution in [3.8, 4) is 0 Å². The molecule has 0 saturated heterocycles. The Bertz CT molecular complexity index is 220. The Labute approximate surface area is 102 Å². The van der Waals surface area contributed by atoms with Gasteiger partial charge in [-0.1, -0.05) is 39.8 Å². The maximum absolute atomic E-state index is 8.61. The van der Waals surface area contributed by atoms with Crippen molar-refractivity contribution in [2.24, 2.45) is 5.92 Å². The van der Waals surface area contributed by atoms with E-state index in [1.807, 2.05) is 6.08 Å². The molecule has 0 amide bonds. The fourth-order valence-electron chi connectivity index (χ4n) is 1.46. The van der Waals surface area contributed by atoms with Crippen molar-refractivity contribution in [3.63, 3.8) is 0 Å². The van der Waals surface area contributed by atoms with Crippen molar-refractivity contribution in [2.45, 2.75) is 52.2 Å². The van der Waals surface area contributed by atoms with Gasteiger partial charge in [-0.05, 0) is 30.5 Å². The molecule has 3 heteroatoms. The first kappa shape index (κ1) is 15.9. The van der Waals surface area contributed by atoms with Crippen LogP contribution in [-0.4, -0.2) is 26.6 Å². The maximum Gasteiger partial charge on any atom is 0.192 e. The summed E-state index contributed by atoms with van der Waals surface area (Å²) in [4.78, 5) is 0. The summed E-state index contributed by atoms with van der Waals surface area (Å²) in [6.45, 7) is 14.6. The zero-order valence-corrected chi connectivity index (χ0v) is 12.7. The molecule has 0 aliphatic heterocycles. The summed E-state index contributed by atoms with van der Waals surface area (Å²) in [5, 5.41) is 8.89. The molecule has 0 saturated carbocycles. The Morgan fingerprint density at radius 2 is 1.81 bits per heavy atom. The zero-order valence-electron chi connectivity index (χ0n) is 11.7.